The number of hydrogen-bond donors (Lipinski definition) is 0. The van der Waals surface area contributed by atoms with E-state index in [9.17, 15) is 0 Å². The molecule has 0 amide bonds. The van der Waals surface area contributed by atoms with Crippen LogP contribution in [0.25, 0.3) is 82.4 Å². The van der Waals surface area contributed by atoms with Crippen LogP contribution < -0.4 is 4.90 Å². The fraction of sp³-hybridized carbons (Fsp3) is 0. The molecule has 2 nitrogen and oxygen atoms in total. The summed E-state index contributed by atoms with van der Waals surface area (Å²) >= 11 is 0. The van der Waals surface area contributed by atoms with Gasteiger partial charge in [-0.05, 0) is 110 Å². The van der Waals surface area contributed by atoms with E-state index in [1.807, 2.05) is 0 Å². The Balaban J connectivity index is 1.06. The maximum absolute atomic E-state index is 2.39. The van der Waals surface area contributed by atoms with Gasteiger partial charge in [-0.3, -0.25) is 0 Å². The summed E-state index contributed by atoms with van der Waals surface area (Å²) < 4.78 is 2.39. The number of nitrogens with zero attached hydrogens (tertiary/aromatic N) is 2. The summed E-state index contributed by atoms with van der Waals surface area (Å²) in [6, 6.07) is 83.6. The monoisotopic (exact) mass is 738 g/mol. The normalized spacial score (nSPS) is 11.4. The van der Waals surface area contributed by atoms with Crippen LogP contribution in [0.15, 0.2) is 231 Å². The van der Waals surface area contributed by atoms with Gasteiger partial charge in [-0.25, -0.2) is 0 Å². The van der Waals surface area contributed by atoms with Crippen LogP contribution in [0.5, 0.6) is 0 Å². The van der Waals surface area contributed by atoms with Crippen molar-refractivity contribution in [2.75, 3.05) is 4.90 Å². The van der Waals surface area contributed by atoms with Crippen molar-refractivity contribution >= 4 is 60.4 Å². The smallest absolute Gasteiger partial charge is 0.0541 e. The molecule has 0 atom stereocenters. The molecular weight excluding hydrogens is 701 g/mol. The predicted molar refractivity (Wildman–Crippen MR) is 247 cm³/mol. The van der Waals surface area contributed by atoms with Crippen LogP contribution in [0.2, 0.25) is 0 Å². The molecule has 0 unspecified atom stereocenters. The summed E-state index contributed by atoms with van der Waals surface area (Å²) in [6.07, 6.45) is 0. The lowest BCUT2D eigenvalue weighted by atomic mass is 9.91. The molecule has 11 rings (SSSR count). The minimum atomic E-state index is 1.08. The van der Waals surface area contributed by atoms with Crippen LogP contribution >= 0.6 is 0 Å². The van der Waals surface area contributed by atoms with Crippen LogP contribution in [-0.2, 0) is 0 Å². The van der Waals surface area contributed by atoms with Crippen LogP contribution in [0.3, 0.4) is 0 Å². The predicted octanol–water partition coefficient (Wildman–Crippen LogP) is 15.6. The standard InChI is InChI=1S/C56H38N2/c1-2-14-40(15-3-1)50-26-11-18-43-19-12-27-51(56(43)50)42-32-36-45(37-33-42)57(44-34-30-41(31-35-44)49-25-10-17-39-16-4-5-22-48(39)49)46-20-13-21-47(38-46)58-54-28-8-6-23-52(54)53-24-7-9-29-55(53)58/h1-38H. The third-order valence-corrected chi connectivity index (χ3v) is 11.6. The Morgan fingerprint density at radius 1 is 0.293 bits per heavy atom. The number of aromatic nitrogens is 1. The van der Waals surface area contributed by atoms with Gasteiger partial charge in [-0.15, -0.1) is 0 Å². The SMILES string of the molecule is c1ccc(-c2cccc3cccc(-c4ccc(N(c5ccc(-c6cccc7ccccc67)cc5)c5cccc(-n6c7ccccc7c7ccccc76)c5)cc4)c23)cc1. The molecule has 58 heavy (non-hydrogen) atoms. The van der Waals surface area contributed by atoms with Crippen molar-refractivity contribution < 1.29 is 0 Å². The average Bonchev–Trinajstić information content (AvgIpc) is 3.64. The van der Waals surface area contributed by atoms with Gasteiger partial charge >= 0.3 is 0 Å². The first-order valence-corrected chi connectivity index (χ1v) is 19.9. The van der Waals surface area contributed by atoms with E-state index < -0.39 is 0 Å². The van der Waals surface area contributed by atoms with Gasteiger partial charge in [-0.1, -0.05) is 176 Å². The molecule has 0 radical (unpaired) electrons. The van der Waals surface area contributed by atoms with Crippen molar-refractivity contribution in [3.8, 4) is 39.1 Å². The van der Waals surface area contributed by atoms with E-state index in [-0.39, 0.29) is 0 Å². The molecule has 1 aromatic heterocycles. The Bertz CT molecular complexity index is 3200. The number of benzene rings is 10. The van der Waals surface area contributed by atoms with E-state index in [1.165, 1.54) is 76.7 Å². The molecule has 0 aliphatic carbocycles. The summed E-state index contributed by atoms with van der Waals surface area (Å²) in [5, 5.41) is 7.51. The minimum absolute atomic E-state index is 1.08. The molecule has 0 aliphatic heterocycles. The highest BCUT2D eigenvalue weighted by atomic mass is 15.1. The highest BCUT2D eigenvalue weighted by molar-refractivity contribution is 6.09. The van der Waals surface area contributed by atoms with Gasteiger partial charge < -0.3 is 9.47 Å². The van der Waals surface area contributed by atoms with Crippen molar-refractivity contribution in [2.45, 2.75) is 0 Å². The molecule has 0 aliphatic rings. The lowest BCUT2D eigenvalue weighted by Gasteiger charge is -2.27. The fourth-order valence-electron chi connectivity index (χ4n) is 8.92. The largest absolute Gasteiger partial charge is 0.310 e. The third-order valence-electron chi connectivity index (χ3n) is 11.6. The molecule has 0 bridgehead atoms. The molecule has 10 aromatic carbocycles. The summed E-state index contributed by atoms with van der Waals surface area (Å²) in [5.74, 6) is 0. The molecule has 2 heteroatoms. The fourth-order valence-corrected chi connectivity index (χ4v) is 8.92. The first kappa shape index (κ1) is 33.6. The summed E-state index contributed by atoms with van der Waals surface area (Å²) in [4.78, 5) is 2.38. The Morgan fingerprint density at radius 3 is 1.40 bits per heavy atom. The lowest BCUT2D eigenvalue weighted by molar-refractivity contribution is 1.17. The quantitative estimate of drug-likeness (QED) is 0.158. The topological polar surface area (TPSA) is 8.17 Å². The number of rotatable bonds is 7. The summed E-state index contributed by atoms with van der Waals surface area (Å²) in [6.45, 7) is 0. The Labute approximate surface area is 338 Å². The Hall–Kier alpha value is -7.68. The first-order chi connectivity index (χ1) is 28.8. The second kappa shape index (κ2) is 14.1. The van der Waals surface area contributed by atoms with E-state index in [4.69, 9.17) is 0 Å². The molecular formula is C56H38N2. The molecule has 0 spiro atoms. The minimum Gasteiger partial charge on any atom is -0.310 e. The van der Waals surface area contributed by atoms with E-state index in [0.717, 1.165) is 22.7 Å². The van der Waals surface area contributed by atoms with Gasteiger partial charge in [-0.2, -0.15) is 0 Å². The average molecular weight is 739 g/mol. The summed E-state index contributed by atoms with van der Waals surface area (Å²) in [5.41, 5.74) is 14.1. The van der Waals surface area contributed by atoms with E-state index >= 15 is 0 Å². The van der Waals surface area contributed by atoms with Gasteiger partial charge in [0.25, 0.3) is 0 Å². The molecule has 11 aromatic rings. The van der Waals surface area contributed by atoms with Crippen LogP contribution in [0.1, 0.15) is 0 Å². The molecule has 272 valence electrons. The highest BCUT2D eigenvalue weighted by Gasteiger charge is 2.18. The zero-order valence-electron chi connectivity index (χ0n) is 31.8. The van der Waals surface area contributed by atoms with Gasteiger partial charge in [0, 0.05) is 33.5 Å². The van der Waals surface area contributed by atoms with Gasteiger partial charge in [0.2, 0.25) is 0 Å². The number of fused-ring (bicyclic) bond motifs is 5. The molecule has 1 heterocycles. The third kappa shape index (κ3) is 5.74. The maximum atomic E-state index is 2.39. The Kier molecular flexibility index (Phi) is 8.19. The second-order valence-corrected chi connectivity index (χ2v) is 14.9. The van der Waals surface area contributed by atoms with Crippen molar-refractivity contribution in [3.05, 3.63) is 231 Å². The highest BCUT2D eigenvalue weighted by Crippen LogP contribution is 2.41. The first-order valence-electron chi connectivity index (χ1n) is 19.9. The lowest BCUT2D eigenvalue weighted by Crippen LogP contribution is -2.10. The van der Waals surface area contributed by atoms with Crippen molar-refractivity contribution in [1.82, 2.24) is 4.57 Å². The zero-order valence-corrected chi connectivity index (χ0v) is 31.8. The maximum Gasteiger partial charge on any atom is 0.0541 e. The second-order valence-electron chi connectivity index (χ2n) is 14.9. The van der Waals surface area contributed by atoms with E-state index in [2.05, 4.69) is 240 Å². The van der Waals surface area contributed by atoms with Crippen molar-refractivity contribution in [2.24, 2.45) is 0 Å². The number of hydrogen-bond acceptors (Lipinski definition) is 1. The molecule has 0 N–H and O–H groups in total. The number of anilines is 3. The molecule has 0 fully saturated rings. The summed E-state index contributed by atoms with van der Waals surface area (Å²) in [7, 11) is 0. The van der Waals surface area contributed by atoms with Gasteiger partial charge in [0.1, 0.15) is 0 Å². The number of para-hydroxylation sites is 2. The van der Waals surface area contributed by atoms with Crippen molar-refractivity contribution in [1.29, 1.82) is 0 Å². The molecule has 0 saturated heterocycles. The Morgan fingerprint density at radius 2 is 0.759 bits per heavy atom. The van der Waals surface area contributed by atoms with Crippen molar-refractivity contribution in [3.63, 3.8) is 0 Å². The van der Waals surface area contributed by atoms with E-state index in [0.29, 0.717) is 0 Å². The molecule has 0 saturated carbocycles. The van der Waals surface area contributed by atoms with Gasteiger partial charge in [0.15, 0.2) is 0 Å². The van der Waals surface area contributed by atoms with Gasteiger partial charge in [0.05, 0.1) is 11.0 Å². The van der Waals surface area contributed by atoms with Crippen LogP contribution in [0.4, 0.5) is 17.1 Å². The van der Waals surface area contributed by atoms with E-state index in [1.54, 1.807) is 0 Å². The zero-order chi connectivity index (χ0) is 38.4. The van der Waals surface area contributed by atoms with Crippen LogP contribution in [0, 0.1) is 0 Å². The van der Waals surface area contributed by atoms with Crippen LogP contribution in [-0.4, -0.2) is 4.57 Å².